The Labute approximate surface area is 100 Å². The number of hydrogen-bond acceptors (Lipinski definition) is 4. The summed E-state index contributed by atoms with van der Waals surface area (Å²) in [5.74, 6) is -4.85. The number of carbonyl (C=O) groups is 3. The lowest BCUT2D eigenvalue weighted by atomic mass is 10.0. The van der Waals surface area contributed by atoms with Crippen LogP contribution in [0, 0.1) is 0 Å². The van der Waals surface area contributed by atoms with Gasteiger partial charge in [0.15, 0.2) is 0 Å². The molecule has 0 amide bonds. The molecule has 0 fully saturated rings. The molecule has 0 radical (unpaired) electrons. The molecule has 0 aliphatic carbocycles. The average molecular weight is 252 g/mol. The van der Waals surface area contributed by atoms with E-state index in [-0.39, 0.29) is 5.56 Å². The van der Waals surface area contributed by atoms with Crippen molar-refractivity contribution in [2.75, 3.05) is 0 Å². The quantitative estimate of drug-likeness (QED) is 0.585. The third-order valence-corrected chi connectivity index (χ3v) is 2.03. The second-order valence-electron chi connectivity index (χ2n) is 3.24. The molecule has 7 nitrogen and oxygen atoms in total. The van der Waals surface area contributed by atoms with Crippen LogP contribution in [0.3, 0.4) is 0 Å². The number of aromatic carboxylic acids is 2. The largest absolute Gasteiger partial charge is 0.507 e. The molecular formula is C11H8O7. The highest BCUT2D eigenvalue weighted by atomic mass is 16.4. The van der Waals surface area contributed by atoms with Gasteiger partial charge in [-0.25, -0.2) is 14.4 Å². The van der Waals surface area contributed by atoms with Gasteiger partial charge in [0.1, 0.15) is 11.3 Å². The minimum absolute atomic E-state index is 0.104. The van der Waals surface area contributed by atoms with Gasteiger partial charge in [-0.1, -0.05) is 0 Å². The zero-order valence-corrected chi connectivity index (χ0v) is 8.82. The number of carboxylic acids is 3. The van der Waals surface area contributed by atoms with Gasteiger partial charge in [-0.2, -0.15) is 0 Å². The van der Waals surface area contributed by atoms with Crippen molar-refractivity contribution in [2.45, 2.75) is 0 Å². The number of hydrogen-bond donors (Lipinski definition) is 4. The van der Waals surface area contributed by atoms with E-state index >= 15 is 0 Å². The van der Waals surface area contributed by atoms with Gasteiger partial charge >= 0.3 is 17.9 Å². The monoisotopic (exact) mass is 252 g/mol. The van der Waals surface area contributed by atoms with E-state index in [2.05, 4.69) is 0 Å². The van der Waals surface area contributed by atoms with E-state index in [1.165, 1.54) is 0 Å². The first-order valence-corrected chi connectivity index (χ1v) is 4.57. The van der Waals surface area contributed by atoms with Crippen LogP contribution in [0.1, 0.15) is 26.3 Å². The molecular weight excluding hydrogens is 244 g/mol. The fraction of sp³-hybridized carbons (Fsp3) is 0. The van der Waals surface area contributed by atoms with Gasteiger partial charge in [-0.15, -0.1) is 0 Å². The molecule has 0 aromatic heterocycles. The molecule has 0 atom stereocenters. The van der Waals surface area contributed by atoms with Gasteiger partial charge < -0.3 is 20.4 Å². The van der Waals surface area contributed by atoms with Crippen LogP contribution in [0.25, 0.3) is 6.08 Å². The molecule has 0 spiro atoms. The number of aliphatic carboxylic acids is 1. The van der Waals surface area contributed by atoms with Gasteiger partial charge in [0.25, 0.3) is 0 Å². The standard InChI is InChI=1S/C11H8O7/c12-8-3-5(1-2-9(13)14)6(10(15)16)4-7(8)11(17)18/h1-4,12H,(H,13,14)(H,15,16)(H,17,18)/b2-1-. The SMILES string of the molecule is O=C(O)/C=C\c1cc(O)c(C(=O)O)cc1C(=O)O. The van der Waals surface area contributed by atoms with Crippen molar-refractivity contribution >= 4 is 24.0 Å². The molecule has 0 aliphatic rings. The Morgan fingerprint density at radius 2 is 1.50 bits per heavy atom. The Morgan fingerprint density at radius 3 is 1.94 bits per heavy atom. The second-order valence-corrected chi connectivity index (χ2v) is 3.24. The molecule has 94 valence electrons. The Hall–Kier alpha value is -2.83. The van der Waals surface area contributed by atoms with E-state index < -0.39 is 34.8 Å². The maximum atomic E-state index is 10.9. The van der Waals surface area contributed by atoms with Crippen LogP contribution < -0.4 is 0 Å². The van der Waals surface area contributed by atoms with Crippen molar-refractivity contribution in [3.05, 3.63) is 34.9 Å². The summed E-state index contributed by atoms with van der Waals surface area (Å²) >= 11 is 0. The summed E-state index contributed by atoms with van der Waals surface area (Å²) in [5, 5.41) is 35.4. The van der Waals surface area contributed by atoms with Gasteiger partial charge in [-0.05, 0) is 23.8 Å². The van der Waals surface area contributed by atoms with E-state index in [4.69, 9.17) is 15.3 Å². The van der Waals surface area contributed by atoms with Crippen LogP contribution in [-0.4, -0.2) is 38.3 Å². The number of carboxylic acid groups (broad SMARTS) is 3. The number of benzene rings is 1. The lowest BCUT2D eigenvalue weighted by Crippen LogP contribution is -2.05. The van der Waals surface area contributed by atoms with Crippen LogP contribution in [0.4, 0.5) is 0 Å². The van der Waals surface area contributed by atoms with Crippen molar-refractivity contribution in [2.24, 2.45) is 0 Å². The normalized spacial score (nSPS) is 10.4. The minimum Gasteiger partial charge on any atom is -0.507 e. The van der Waals surface area contributed by atoms with Crippen LogP contribution in [0.2, 0.25) is 0 Å². The van der Waals surface area contributed by atoms with E-state index in [9.17, 15) is 19.5 Å². The van der Waals surface area contributed by atoms with Gasteiger partial charge in [0.05, 0.1) is 5.56 Å². The van der Waals surface area contributed by atoms with E-state index in [1.54, 1.807) is 0 Å². The maximum Gasteiger partial charge on any atom is 0.339 e. The summed E-state index contributed by atoms with van der Waals surface area (Å²) in [4.78, 5) is 31.9. The fourth-order valence-corrected chi connectivity index (χ4v) is 1.26. The van der Waals surface area contributed by atoms with Crippen LogP contribution in [0.15, 0.2) is 18.2 Å². The highest BCUT2D eigenvalue weighted by Gasteiger charge is 2.17. The van der Waals surface area contributed by atoms with Crippen molar-refractivity contribution in [1.29, 1.82) is 0 Å². The Balaban J connectivity index is 3.43. The third kappa shape index (κ3) is 2.85. The van der Waals surface area contributed by atoms with Gasteiger partial charge in [0, 0.05) is 6.08 Å². The van der Waals surface area contributed by atoms with E-state index in [0.717, 1.165) is 18.2 Å². The summed E-state index contributed by atoms with van der Waals surface area (Å²) in [7, 11) is 0. The molecule has 1 aromatic carbocycles. The van der Waals surface area contributed by atoms with Crippen molar-refractivity contribution in [3.8, 4) is 5.75 Å². The average Bonchev–Trinajstić information content (AvgIpc) is 2.25. The summed E-state index contributed by atoms with van der Waals surface area (Å²) in [6, 6.07) is 1.65. The molecule has 1 aromatic rings. The first-order chi connectivity index (χ1) is 8.32. The second kappa shape index (κ2) is 5.00. The molecule has 0 saturated heterocycles. The van der Waals surface area contributed by atoms with E-state index in [0.29, 0.717) is 6.08 Å². The van der Waals surface area contributed by atoms with Crippen LogP contribution in [-0.2, 0) is 4.79 Å². The number of phenols is 1. The van der Waals surface area contributed by atoms with Crippen molar-refractivity contribution < 1.29 is 34.8 Å². The first kappa shape index (κ1) is 13.2. The van der Waals surface area contributed by atoms with Crippen molar-refractivity contribution in [1.82, 2.24) is 0 Å². The summed E-state index contributed by atoms with van der Waals surface area (Å²) in [5.41, 5.74) is -1.09. The molecule has 0 bridgehead atoms. The predicted molar refractivity (Wildman–Crippen MR) is 58.7 cm³/mol. The summed E-state index contributed by atoms with van der Waals surface area (Å²) in [6.45, 7) is 0. The Kier molecular flexibility index (Phi) is 3.68. The maximum absolute atomic E-state index is 10.9. The minimum atomic E-state index is -1.48. The molecule has 0 unspecified atom stereocenters. The van der Waals surface area contributed by atoms with Crippen LogP contribution in [0.5, 0.6) is 5.75 Å². The molecule has 0 saturated carbocycles. The molecule has 0 aliphatic heterocycles. The lowest BCUT2D eigenvalue weighted by Gasteiger charge is -2.05. The Morgan fingerprint density at radius 1 is 0.944 bits per heavy atom. The fourth-order valence-electron chi connectivity index (χ4n) is 1.26. The highest BCUT2D eigenvalue weighted by molar-refractivity contribution is 5.99. The topological polar surface area (TPSA) is 132 Å². The predicted octanol–water partition coefficient (Wildman–Crippen LogP) is 0.886. The third-order valence-electron chi connectivity index (χ3n) is 2.03. The number of rotatable bonds is 4. The number of aromatic hydroxyl groups is 1. The summed E-state index contributed by atoms with van der Waals surface area (Å²) < 4.78 is 0. The first-order valence-electron chi connectivity index (χ1n) is 4.57. The van der Waals surface area contributed by atoms with Gasteiger partial charge in [0.2, 0.25) is 0 Å². The zero-order chi connectivity index (χ0) is 13.9. The molecule has 1 rings (SSSR count). The van der Waals surface area contributed by atoms with E-state index in [1.807, 2.05) is 0 Å². The molecule has 18 heavy (non-hydrogen) atoms. The lowest BCUT2D eigenvalue weighted by molar-refractivity contribution is -0.131. The van der Waals surface area contributed by atoms with Crippen molar-refractivity contribution in [3.63, 3.8) is 0 Å². The molecule has 7 heteroatoms. The summed E-state index contributed by atoms with van der Waals surface area (Å²) in [6.07, 6.45) is 1.64. The highest BCUT2D eigenvalue weighted by Crippen LogP contribution is 2.24. The molecule has 0 heterocycles. The smallest absolute Gasteiger partial charge is 0.339 e. The molecule has 4 N–H and O–H groups in total. The van der Waals surface area contributed by atoms with Gasteiger partial charge in [-0.3, -0.25) is 0 Å². The Bertz CT molecular complexity index is 557. The zero-order valence-electron chi connectivity index (χ0n) is 8.82. The van der Waals surface area contributed by atoms with Crippen LogP contribution >= 0.6 is 0 Å².